The summed E-state index contributed by atoms with van der Waals surface area (Å²) in [4.78, 5) is 31.1. The molecule has 1 N–H and O–H groups in total. The molecule has 1 atom stereocenters. The molecule has 3 rings (SSSR count). The van der Waals surface area contributed by atoms with E-state index in [0.29, 0.717) is 44.3 Å². The van der Waals surface area contributed by atoms with Crippen LogP contribution in [0.15, 0.2) is 24.3 Å². The summed E-state index contributed by atoms with van der Waals surface area (Å²) in [7, 11) is 0. The van der Waals surface area contributed by atoms with Gasteiger partial charge in [0.1, 0.15) is 5.82 Å². The first-order valence-corrected chi connectivity index (χ1v) is 10.2. The normalized spacial score (nSPS) is 21.1. The van der Waals surface area contributed by atoms with Gasteiger partial charge in [0.05, 0.1) is 18.2 Å². The zero-order valence-corrected chi connectivity index (χ0v) is 16.9. The summed E-state index contributed by atoms with van der Waals surface area (Å²) in [6.07, 6.45) is 1.23. The van der Waals surface area contributed by atoms with Gasteiger partial charge in [-0.05, 0) is 31.0 Å². The van der Waals surface area contributed by atoms with Crippen LogP contribution < -0.4 is 10.2 Å². The molecule has 2 aliphatic heterocycles. The number of carbonyl (C=O) groups is 2. The smallest absolute Gasteiger partial charge is 0.237 e. The molecule has 1 aromatic carbocycles. The minimum atomic E-state index is -0.385. The van der Waals surface area contributed by atoms with E-state index in [1.807, 2.05) is 11.0 Å². The molecule has 1 aromatic rings. The van der Waals surface area contributed by atoms with Gasteiger partial charge < -0.3 is 15.1 Å². The fourth-order valence-corrected chi connectivity index (χ4v) is 3.88. The Bertz CT molecular complexity index is 689. The van der Waals surface area contributed by atoms with Crippen molar-refractivity contribution in [3.63, 3.8) is 0 Å². The average molecular weight is 391 g/mol. The van der Waals surface area contributed by atoms with E-state index in [2.05, 4.69) is 24.1 Å². The van der Waals surface area contributed by atoms with Crippen LogP contribution in [-0.2, 0) is 9.59 Å². The van der Waals surface area contributed by atoms with E-state index in [1.54, 1.807) is 17.0 Å². The molecule has 2 aliphatic rings. The Morgan fingerprint density at radius 2 is 1.89 bits per heavy atom. The number of hydrogen-bond donors (Lipinski definition) is 1. The van der Waals surface area contributed by atoms with E-state index in [0.717, 1.165) is 19.5 Å². The molecule has 0 aromatic heterocycles. The molecule has 7 heteroatoms. The lowest BCUT2D eigenvalue weighted by atomic mass is 10.0. The number of piperazine rings is 2. The van der Waals surface area contributed by atoms with Gasteiger partial charge in [0.25, 0.3) is 0 Å². The van der Waals surface area contributed by atoms with Crippen LogP contribution in [0.25, 0.3) is 0 Å². The van der Waals surface area contributed by atoms with Gasteiger partial charge in [-0.15, -0.1) is 0 Å². The quantitative estimate of drug-likeness (QED) is 0.804. The molecule has 0 unspecified atom stereocenters. The number of para-hydroxylation sites is 1. The molecular weight excluding hydrogens is 359 g/mol. The number of carbonyl (C=O) groups excluding carboxylic acids is 2. The standard InChI is InChI=1S/C21H31FN4O2/c1-16(2)7-9-24-10-8-23-21(28)19(24)15-20(27)26-13-11-25(12-14-26)18-6-4-3-5-17(18)22/h3-6,16,19H,7-15H2,1-2H3,(H,23,28)/t19-/m0/s1. The van der Waals surface area contributed by atoms with E-state index >= 15 is 0 Å². The number of benzene rings is 1. The minimum absolute atomic E-state index is 0.00443. The van der Waals surface area contributed by atoms with Gasteiger partial charge in [0, 0.05) is 39.3 Å². The van der Waals surface area contributed by atoms with Crippen LogP contribution in [0.5, 0.6) is 0 Å². The molecule has 154 valence electrons. The summed E-state index contributed by atoms with van der Waals surface area (Å²) in [6.45, 7) is 8.89. The Balaban J connectivity index is 1.55. The van der Waals surface area contributed by atoms with Gasteiger partial charge in [-0.3, -0.25) is 14.5 Å². The number of nitrogens with zero attached hydrogens (tertiary/aromatic N) is 3. The summed E-state index contributed by atoms with van der Waals surface area (Å²) in [5.74, 6) is 0.285. The Hall–Kier alpha value is -2.15. The Kier molecular flexibility index (Phi) is 6.88. The van der Waals surface area contributed by atoms with Gasteiger partial charge in [-0.2, -0.15) is 0 Å². The van der Waals surface area contributed by atoms with E-state index < -0.39 is 0 Å². The minimum Gasteiger partial charge on any atom is -0.366 e. The van der Waals surface area contributed by atoms with Gasteiger partial charge in [0.2, 0.25) is 11.8 Å². The number of anilines is 1. The largest absolute Gasteiger partial charge is 0.366 e. The molecule has 0 saturated carbocycles. The Morgan fingerprint density at radius 3 is 2.57 bits per heavy atom. The van der Waals surface area contributed by atoms with Crippen LogP contribution in [0, 0.1) is 11.7 Å². The number of amides is 2. The highest BCUT2D eigenvalue weighted by Gasteiger charge is 2.33. The maximum atomic E-state index is 14.0. The van der Waals surface area contributed by atoms with Crippen molar-refractivity contribution in [3.8, 4) is 0 Å². The Labute approximate surface area is 166 Å². The summed E-state index contributed by atoms with van der Waals surface area (Å²) in [6, 6.07) is 6.35. The van der Waals surface area contributed by atoms with Crippen LogP contribution in [-0.4, -0.2) is 73.5 Å². The maximum Gasteiger partial charge on any atom is 0.237 e. The van der Waals surface area contributed by atoms with Crippen molar-refractivity contribution in [2.75, 3.05) is 50.7 Å². The van der Waals surface area contributed by atoms with Crippen LogP contribution in [0.3, 0.4) is 0 Å². The molecule has 2 heterocycles. The topological polar surface area (TPSA) is 55.9 Å². The van der Waals surface area contributed by atoms with Gasteiger partial charge in [-0.1, -0.05) is 26.0 Å². The van der Waals surface area contributed by atoms with Crippen molar-refractivity contribution in [1.29, 1.82) is 0 Å². The monoisotopic (exact) mass is 390 g/mol. The van der Waals surface area contributed by atoms with Crippen LogP contribution in [0.4, 0.5) is 10.1 Å². The van der Waals surface area contributed by atoms with Crippen molar-refractivity contribution >= 4 is 17.5 Å². The van der Waals surface area contributed by atoms with Gasteiger partial charge in [0.15, 0.2) is 0 Å². The summed E-state index contributed by atoms with van der Waals surface area (Å²) < 4.78 is 14.0. The molecule has 0 aliphatic carbocycles. The number of rotatable bonds is 6. The zero-order chi connectivity index (χ0) is 20.1. The van der Waals surface area contributed by atoms with Crippen molar-refractivity contribution in [1.82, 2.24) is 15.1 Å². The first kappa shape index (κ1) is 20.6. The van der Waals surface area contributed by atoms with Crippen LogP contribution in [0.1, 0.15) is 26.7 Å². The van der Waals surface area contributed by atoms with E-state index in [4.69, 9.17) is 0 Å². The average Bonchev–Trinajstić information content (AvgIpc) is 2.69. The van der Waals surface area contributed by atoms with Crippen molar-refractivity contribution in [2.24, 2.45) is 5.92 Å². The summed E-state index contributed by atoms with van der Waals surface area (Å²) >= 11 is 0. The summed E-state index contributed by atoms with van der Waals surface area (Å²) in [5.41, 5.74) is 0.584. The second kappa shape index (κ2) is 9.37. The lowest BCUT2D eigenvalue weighted by molar-refractivity contribution is -0.139. The second-order valence-corrected chi connectivity index (χ2v) is 8.05. The molecule has 2 fully saturated rings. The maximum absolute atomic E-state index is 14.0. The molecular formula is C21H31FN4O2. The number of nitrogens with one attached hydrogen (secondary N) is 1. The fourth-order valence-electron chi connectivity index (χ4n) is 3.88. The highest BCUT2D eigenvalue weighted by Crippen LogP contribution is 2.21. The third kappa shape index (κ3) is 5.01. The van der Waals surface area contributed by atoms with Crippen molar-refractivity contribution < 1.29 is 14.0 Å². The van der Waals surface area contributed by atoms with Crippen LogP contribution >= 0.6 is 0 Å². The lowest BCUT2D eigenvalue weighted by Crippen LogP contribution is -2.58. The van der Waals surface area contributed by atoms with Crippen molar-refractivity contribution in [3.05, 3.63) is 30.1 Å². The molecule has 0 radical (unpaired) electrons. The molecule has 2 amide bonds. The van der Waals surface area contributed by atoms with E-state index in [-0.39, 0.29) is 30.1 Å². The number of hydrogen-bond acceptors (Lipinski definition) is 4. The van der Waals surface area contributed by atoms with E-state index in [9.17, 15) is 14.0 Å². The molecule has 2 saturated heterocycles. The lowest BCUT2D eigenvalue weighted by Gasteiger charge is -2.39. The SMILES string of the molecule is CC(C)CCN1CCNC(=O)[C@@H]1CC(=O)N1CCN(c2ccccc2F)CC1. The van der Waals surface area contributed by atoms with Crippen LogP contribution in [0.2, 0.25) is 0 Å². The predicted octanol–water partition coefficient (Wildman–Crippen LogP) is 1.71. The van der Waals surface area contributed by atoms with Gasteiger partial charge >= 0.3 is 0 Å². The fraction of sp³-hybridized carbons (Fsp3) is 0.619. The van der Waals surface area contributed by atoms with Gasteiger partial charge in [-0.25, -0.2) is 4.39 Å². The third-order valence-electron chi connectivity index (χ3n) is 5.63. The third-order valence-corrected chi connectivity index (χ3v) is 5.63. The Morgan fingerprint density at radius 1 is 1.18 bits per heavy atom. The molecule has 28 heavy (non-hydrogen) atoms. The highest BCUT2D eigenvalue weighted by molar-refractivity contribution is 5.89. The summed E-state index contributed by atoms with van der Waals surface area (Å²) in [5, 5.41) is 2.89. The first-order valence-electron chi connectivity index (χ1n) is 10.2. The molecule has 0 bridgehead atoms. The second-order valence-electron chi connectivity index (χ2n) is 8.05. The zero-order valence-electron chi connectivity index (χ0n) is 16.9. The predicted molar refractivity (Wildman–Crippen MR) is 108 cm³/mol. The number of halogens is 1. The molecule has 0 spiro atoms. The van der Waals surface area contributed by atoms with E-state index in [1.165, 1.54) is 6.07 Å². The van der Waals surface area contributed by atoms with Crippen molar-refractivity contribution in [2.45, 2.75) is 32.7 Å². The molecule has 6 nitrogen and oxygen atoms in total. The highest BCUT2D eigenvalue weighted by atomic mass is 19.1. The first-order chi connectivity index (χ1) is 13.5.